The van der Waals surface area contributed by atoms with Crippen LogP contribution >= 0.6 is 11.6 Å². The fourth-order valence-electron chi connectivity index (χ4n) is 1.06. The van der Waals surface area contributed by atoms with Gasteiger partial charge in [-0.05, 0) is 32.0 Å². The molecule has 0 aliphatic carbocycles. The quantitative estimate of drug-likeness (QED) is 0.875. The van der Waals surface area contributed by atoms with E-state index in [1.165, 1.54) is 18.2 Å². The van der Waals surface area contributed by atoms with Gasteiger partial charge in [0.15, 0.2) is 0 Å². The third kappa shape index (κ3) is 3.34. The van der Waals surface area contributed by atoms with Crippen LogP contribution in [0, 0.1) is 0 Å². The number of nitrogens with two attached hydrogens (primary N) is 1. The van der Waals surface area contributed by atoms with Gasteiger partial charge < -0.3 is 5.73 Å². The first kappa shape index (κ1) is 13.8. The smallest absolute Gasteiger partial charge is 0.250 e. The van der Waals surface area contributed by atoms with Crippen LogP contribution < -0.4 is 10.5 Å². The summed E-state index contributed by atoms with van der Waals surface area (Å²) in [6.07, 6.45) is 0. The van der Waals surface area contributed by atoms with Crippen LogP contribution in [-0.4, -0.2) is 19.6 Å². The van der Waals surface area contributed by atoms with Crippen LogP contribution in [0.25, 0.3) is 0 Å². The number of carbonyl (C=O) groups is 1. The molecule has 1 rings (SSSR count). The molecule has 1 aromatic carbocycles. The molecule has 17 heavy (non-hydrogen) atoms. The minimum atomic E-state index is -3.45. The van der Waals surface area contributed by atoms with Crippen molar-refractivity contribution >= 4 is 33.2 Å². The van der Waals surface area contributed by atoms with Crippen molar-refractivity contribution in [2.45, 2.75) is 19.1 Å². The van der Waals surface area contributed by atoms with Gasteiger partial charge in [-0.3, -0.25) is 9.52 Å². The third-order valence-electron chi connectivity index (χ3n) is 2.11. The van der Waals surface area contributed by atoms with Gasteiger partial charge in [0.2, 0.25) is 15.9 Å². The van der Waals surface area contributed by atoms with Crippen LogP contribution in [0.5, 0.6) is 0 Å². The molecule has 0 radical (unpaired) electrons. The lowest BCUT2D eigenvalue weighted by molar-refractivity contribution is 0.100. The minimum Gasteiger partial charge on any atom is -0.366 e. The molecule has 0 heterocycles. The SMILES string of the molecule is CC(C)S(=O)(=O)Nc1ccc(Cl)c(C(N)=O)c1. The highest BCUT2D eigenvalue weighted by atomic mass is 35.5. The Hall–Kier alpha value is -1.27. The van der Waals surface area contributed by atoms with Gasteiger partial charge in [0.1, 0.15) is 0 Å². The van der Waals surface area contributed by atoms with E-state index in [1.807, 2.05) is 0 Å². The van der Waals surface area contributed by atoms with Crippen molar-refractivity contribution < 1.29 is 13.2 Å². The molecule has 0 saturated heterocycles. The predicted octanol–water partition coefficient (Wildman–Crippen LogP) is 1.59. The maximum absolute atomic E-state index is 11.6. The normalized spacial score (nSPS) is 11.5. The van der Waals surface area contributed by atoms with Gasteiger partial charge in [0.05, 0.1) is 15.8 Å². The fourth-order valence-corrected chi connectivity index (χ4v) is 1.96. The molecule has 0 atom stereocenters. The van der Waals surface area contributed by atoms with Crippen LogP contribution in [-0.2, 0) is 10.0 Å². The van der Waals surface area contributed by atoms with Gasteiger partial charge in [0, 0.05) is 5.69 Å². The van der Waals surface area contributed by atoms with Gasteiger partial charge in [-0.15, -0.1) is 0 Å². The number of anilines is 1. The Balaban J connectivity index is 3.10. The number of rotatable bonds is 4. The Bertz CT molecular complexity index is 540. The van der Waals surface area contributed by atoms with E-state index in [0.29, 0.717) is 0 Å². The number of amides is 1. The van der Waals surface area contributed by atoms with Crippen molar-refractivity contribution in [2.75, 3.05) is 4.72 Å². The summed E-state index contributed by atoms with van der Waals surface area (Å²) in [5, 5.41) is -0.389. The molecule has 0 aliphatic rings. The molecule has 7 heteroatoms. The zero-order chi connectivity index (χ0) is 13.2. The van der Waals surface area contributed by atoms with Crippen LogP contribution in [0.1, 0.15) is 24.2 Å². The lowest BCUT2D eigenvalue weighted by Crippen LogP contribution is -2.22. The largest absolute Gasteiger partial charge is 0.366 e. The maximum atomic E-state index is 11.6. The molecule has 0 aliphatic heterocycles. The summed E-state index contributed by atoms with van der Waals surface area (Å²) in [5.74, 6) is -0.708. The summed E-state index contributed by atoms with van der Waals surface area (Å²) in [4.78, 5) is 11.0. The molecule has 5 nitrogen and oxygen atoms in total. The fraction of sp³-hybridized carbons (Fsp3) is 0.300. The van der Waals surface area contributed by atoms with Crippen LogP contribution in [0.4, 0.5) is 5.69 Å². The summed E-state index contributed by atoms with van der Waals surface area (Å²) >= 11 is 5.75. The van der Waals surface area contributed by atoms with E-state index in [1.54, 1.807) is 13.8 Å². The predicted molar refractivity (Wildman–Crippen MR) is 67.6 cm³/mol. The average Bonchev–Trinajstić information content (AvgIpc) is 2.20. The van der Waals surface area contributed by atoms with Crippen molar-refractivity contribution in [3.63, 3.8) is 0 Å². The summed E-state index contributed by atoms with van der Waals surface area (Å²) in [6.45, 7) is 3.10. The first-order valence-electron chi connectivity index (χ1n) is 4.85. The standard InChI is InChI=1S/C10H13ClN2O3S/c1-6(2)17(15,16)13-7-3-4-9(11)8(5-7)10(12)14/h3-6,13H,1-2H3,(H2,12,14). The monoisotopic (exact) mass is 276 g/mol. The number of primary amides is 1. The highest BCUT2D eigenvalue weighted by Gasteiger charge is 2.16. The highest BCUT2D eigenvalue weighted by molar-refractivity contribution is 7.93. The van der Waals surface area contributed by atoms with E-state index in [2.05, 4.69) is 4.72 Å². The van der Waals surface area contributed by atoms with Gasteiger partial charge in [0.25, 0.3) is 0 Å². The summed E-state index contributed by atoms with van der Waals surface area (Å²) < 4.78 is 25.6. The molecule has 0 unspecified atom stereocenters. The Labute approximate surface area is 105 Å². The van der Waals surface area contributed by atoms with E-state index in [-0.39, 0.29) is 16.3 Å². The second-order valence-electron chi connectivity index (χ2n) is 3.75. The first-order valence-corrected chi connectivity index (χ1v) is 6.77. The second-order valence-corrected chi connectivity index (χ2v) is 6.40. The minimum absolute atomic E-state index is 0.0793. The zero-order valence-corrected chi connectivity index (χ0v) is 11.0. The van der Waals surface area contributed by atoms with Crippen molar-refractivity contribution in [1.82, 2.24) is 0 Å². The van der Waals surface area contributed by atoms with Crippen LogP contribution in [0.3, 0.4) is 0 Å². The van der Waals surface area contributed by atoms with Crippen molar-refractivity contribution in [2.24, 2.45) is 5.73 Å². The molecule has 0 fully saturated rings. The first-order chi connectivity index (χ1) is 7.74. The molecule has 0 aromatic heterocycles. The number of carbonyl (C=O) groups excluding carboxylic acids is 1. The molecular formula is C10H13ClN2O3S. The van der Waals surface area contributed by atoms with Gasteiger partial charge in [-0.2, -0.15) is 0 Å². The molecule has 3 N–H and O–H groups in total. The number of sulfonamides is 1. The summed E-state index contributed by atoms with van der Waals surface area (Å²) in [6, 6.07) is 4.19. The van der Waals surface area contributed by atoms with Gasteiger partial charge in [-0.1, -0.05) is 11.6 Å². The van der Waals surface area contributed by atoms with E-state index < -0.39 is 21.2 Å². The maximum Gasteiger partial charge on any atom is 0.250 e. The summed E-state index contributed by atoms with van der Waals surface area (Å²) in [5.41, 5.74) is 5.45. The number of halogens is 1. The lowest BCUT2D eigenvalue weighted by Gasteiger charge is -2.11. The molecule has 1 aromatic rings. The number of benzene rings is 1. The highest BCUT2D eigenvalue weighted by Crippen LogP contribution is 2.21. The second kappa shape index (κ2) is 4.93. The van der Waals surface area contributed by atoms with E-state index in [4.69, 9.17) is 17.3 Å². The van der Waals surface area contributed by atoms with Gasteiger partial charge in [-0.25, -0.2) is 8.42 Å². The number of hydrogen-bond acceptors (Lipinski definition) is 3. The van der Waals surface area contributed by atoms with E-state index in [9.17, 15) is 13.2 Å². The summed E-state index contributed by atoms with van der Waals surface area (Å²) in [7, 11) is -3.45. The zero-order valence-electron chi connectivity index (χ0n) is 9.40. The molecule has 0 bridgehead atoms. The Kier molecular flexibility index (Phi) is 4.00. The Morgan fingerprint density at radius 3 is 2.47 bits per heavy atom. The van der Waals surface area contributed by atoms with Crippen molar-refractivity contribution in [3.05, 3.63) is 28.8 Å². The third-order valence-corrected chi connectivity index (χ3v) is 4.20. The lowest BCUT2D eigenvalue weighted by atomic mass is 10.2. The Morgan fingerprint density at radius 1 is 1.41 bits per heavy atom. The molecular weight excluding hydrogens is 264 g/mol. The number of hydrogen-bond donors (Lipinski definition) is 2. The molecule has 1 amide bonds. The van der Waals surface area contributed by atoms with Crippen LogP contribution in [0.2, 0.25) is 5.02 Å². The Morgan fingerprint density at radius 2 is 2.00 bits per heavy atom. The van der Waals surface area contributed by atoms with Crippen molar-refractivity contribution in [3.8, 4) is 0 Å². The van der Waals surface area contributed by atoms with E-state index >= 15 is 0 Å². The average molecular weight is 277 g/mol. The van der Waals surface area contributed by atoms with E-state index in [0.717, 1.165) is 0 Å². The topological polar surface area (TPSA) is 89.3 Å². The molecule has 94 valence electrons. The number of nitrogens with one attached hydrogen (secondary N) is 1. The van der Waals surface area contributed by atoms with Crippen LogP contribution in [0.15, 0.2) is 18.2 Å². The molecule has 0 spiro atoms. The van der Waals surface area contributed by atoms with Crippen molar-refractivity contribution in [1.29, 1.82) is 0 Å². The van der Waals surface area contributed by atoms with Gasteiger partial charge >= 0.3 is 0 Å². The molecule has 0 saturated carbocycles.